The highest BCUT2D eigenvalue weighted by Gasteiger charge is 2.10. The lowest BCUT2D eigenvalue weighted by atomic mass is 10.1. The van der Waals surface area contributed by atoms with Gasteiger partial charge in [-0.1, -0.05) is 13.0 Å². The third-order valence-corrected chi connectivity index (χ3v) is 2.51. The quantitative estimate of drug-likeness (QED) is 0.673. The zero-order valence-corrected chi connectivity index (χ0v) is 7.21. The Morgan fingerprint density at radius 2 is 2.27 bits per heavy atom. The molecule has 0 aliphatic rings. The van der Waals surface area contributed by atoms with E-state index < -0.39 is 6.29 Å². The van der Waals surface area contributed by atoms with Crippen LogP contribution in [0.1, 0.15) is 11.8 Å². The van der Waals surface area contributed by atoms with Gasteiger partial charge in [-0.3, -0.25) is 0 Å². The Labute approximate surface area is 70.1 Å². The normalized spacial score (nSPS) is 13.8. The van der Waals surface area contributed by atoms with Gasteiger partial charge >= 0.3 is 0 Å². The van der Waals surface area contributed by atoms with Gasteiger partial charge in [0, 0.05) is 10.8 Å². The molecule has 1 rings (SSSR count). The van der Waals surface area contributed by atoms with Crippen molar-refractivity contribution in [2.45, 2.75) is 19.6 Å². The number of hydrogen-bond acceptors (Lipinski definition) is 3. The summed E-state index contributed by atoms with van der Waals surface area (Å²) >= 11 is 1.65. The highest BCUT2D eigenvalue weighted by Crippen LogP contribution is 2.15. The van der Waals surface area contributed by atoms with Crippen LogP contribution in [0.4, 0.5) is 0 Å². The van der Waals surface area contributed by atoms with E-state index in [1.54, 1.807) is 11.3 Å². The second kappa shape index (κ2) is 3.85. The number of thiophene rings is 1. The molecule has 11 heavy (non-hydrogen) atoms. The topological polar surface area (TPSA) is 40.5 Å². The summed E-state index contributed by atoms with van der Waals surface area (Å²) in [5.74, 6) is -0.0753. The summed E-state index contributed by atoms with van der Waals surface area (Å²) in [4.78, 5) is 1.20. The molecule has 1 atom stereocenters. The van der Waals surface area contributed by atoms with E-state index in [1.807, 2.05) is 24.4 Å². The summed E-state index contributed by atoms with van der Waals surface area (Å²) in [5, 5.41) is 19.6. The zero-order valence-electron chi connectivity index (χ0n) is 6.40. The third kappa shape index (κ3) is 2.61. The van der Waals surface area contributed by atoms with Crippen LogP contribution in [-0.2, 0) is 6.42 Å². The van der Waals surface area contributed by atoms with Crippen LogP contribution in [0.15, 0.2) is 17.5 Å². The lowest BCUT2D eigenvalue weighted by molar-refractivity contribution is -0.0778. The predicted octanol–water partition coefficient (Wildman–Crippen LogP) is 1.24. The largest absolute Gasteiger partial charge is 0.368 e. The lowest BCUT2D eigenvalue weighted by Crippen LogP contribution is -2.17. The van der Waals surface area contributed by atoms with Crippen LogP contribution in [0.2, 0.25) is 0 Å². The minimum Gasteiger partial charge on any atom is -0.368 e. The Morgan fingerprint density at radius 1 is 1.55 bits per heavy atom. The van der Waals surface area contributed by atoms with Gasteiger partial charge in [-0.05, 0) is 17.9 Å². The van der Waals surface area contributed by atoms with Crippen molar-refractivity contribution in [2.75, 3.05) is 0 Å². The van der Waals surface area contributed by atoms with Gasteiger partial charge in [0.05, 0.1) is 0 Å². The zero-order chi connectivity index (χ0) is 8.27. The Hall–Kier alpha value is -0.380. The average Bonchev–Trinajstić information content (AvgIpc) is 2.39. The number of hydrogen-bond donors (Lipinski definition) is 2. The molecule has 0 bridgehead atoms. The first-order valence-corrected chi connectivity index (χ1v) is 4.46. The molecule has 0 amide bonds. The molecule has 2 N–H and O–H groups in total. The van der Waals surface area contributed by atoms with Crippen LogP contribution in [0.5, 0.6) is 0 Å². The molecule has 0 saturated heterocycles. The molecule has 1 aromatic rings. The van der Waals surface area contributed by atoms with Crippen molar-refractivity contribution in [1.29, 1.82) is 0 Å². The maximum Gasteiger partial charge on any atom is 0.154 e. The van der Waals surface area contributed by atoms with Crippen molar-refractivity contribution in [3.05, 3.63) is 22.4 Å². The summed E-state index contributed by atoms with van der Waals surface area (Å²) in [6, 6.07) is 3.97. The SMILES string of the molecule is C[C@@H](Cc1cccs1)C(O)O. The number of aliphatic hydroxyl groups is 2. The standard InChI is InChI=1S/C8H12O2S/c1-6(8(9)10)5-7-3-2-4-11-7/h2-4,6,8-10H,5H2,1H3/t6-/m0/s1. The molecule has 0 unspecified atom stereocenters. The van der Waals surface area contributed by atoms with Gasteiger partial charge in [-0.25, -0.2) is 0 Å². The van der Waals surface area contributed by atoms with Crippen LogP contribution < -0.4 is 0 Å². The molecule has 3 heteroatoms. The fourth-order valence-corrected chi connectivity index (χ4v) is 1.70. The van der Waals surface area contributed by atoms with E-state index >= 15 is 0 Å². The molecule has 0 radical (unpaired) electrons. The fourth-order valence-electron chi connectivity index (χ4n) is 0.851. The first-order valence-electron chi connectivity index (χ1n) is 3.58. The summed E-state index contributed by atoms with van der Waals surface area (Å²) in [5.41, 5.74) is 0. The van der Waals surface area contributed by atoms with Crippen molar-refractivity contribution in [3.63, 3.8) is 0 Å². The Kier molecular flexibility index (Phi) is 3.05. The first kappa shape index (κ1) is 8.71. The van der Waals surface area contributed by atoms with Crippen LogP contribution in [0.25, 0.3) is 0 Å². The minimum atomic E-state index is -1.20. The van der Waals surface area contributed by atoms with E-state index in [4.69, 9.17) is 10.2 Å². The predicted molar refractivity (Wildman–Crippen MR) is 45.4 cm³/mol. The molecule has 2 nitrogen and oxygen atoms in total. The molecule has 0 aliphatic carbocycles. The number of rotatable bonds is 3. The molecular weight excluding hydrogens is 160 g/mol. The molecule has 0 spiro atoms. The third-order valence-electron chi connectivity index (χ3n) is 1.61. The molecule has 0 saturated carbocycles. The van der Waals surface area contributed by atoms with Crippen molar-refractivity contribution in [3.8, 4) is 0 Å². The maximum atomic E-state index is 8.78. The van der Waals surface area contributed by atoms with Gasteiger partial charge in [0.15, 0.2) is 6.29 Å². The average molecular weight is 172 g/mol. The van der Waals surface area contributed by atoms with Crippen LogP contribution in [-0.4, -0.2) is 16.5 Å². The molecule has 1 aromatic heterocycles. The molecule has 0 aromatic carbocycles. The van der Waals surface area contributed by atoms with E-state index in [0.717, 1.165) is 6.42 Å². The molecule has 0 fully saturated rings. The van der Waals surface area contributed by atoms with Crippen LogP contribution in [0, 0.1) is 5.92 Å². The second-order valence-corrected chi connectivity index (χ2v) is 3.71. The minimum absolute atomic E-state index is 0.0753. The molecular formula is C8H12O2S. The van der Waals surface area contributed by atoms with E-state index in [-0.39, 0.29) is 5.92 Å². The second-order valence-electron chi connectivity index (χ2n) is 2.67. The van der Waals surface area contributed by atoms with Gasteiger partial charge in [0.1, 0.15) is 0 Å². The van der Waals surface area contributed by atoms with Crippen LogP contribution >= 0.6 is 11.3 Å². The monoisotopic (exact) mass is 172 g/mol. The fraction of sp³-hybridized carbons (Fsp3) is 0.500. The van der Waals surface area contributed by atoms with Gasteiger partial charge in [0.2, 0.25) is 0 Å². The first-order chi connectivity index (χ1) is 5.20. The van der Waals surface area contributed by atoms with Gasteiger partial charge in [0.25, 0.3) is 0 Å². The van der Waals surface area contributed by atoms with Gasteiger partial charge < -0.3 is 10.2 Å². The van der Waals surface area contributed by atoms with Crippen molar-refractivity contribution >= 4 is 11.3 Å². The van der Waals surface area contributed by atoms with Crippen LogP contribution in [0.3, 0.4) is 0 Å². The van der Waals surface area contributed by atoms with Gasteiger partial charge in [-0.15, -0.1) is 11.3 Å². The molecule has 0 aliphatic heterocycles. The Bertz CT molecular complexity index is 194. The molecule has 1 heterocycles. The van der Waals surface area contributed by atoms with Crippen molar-refractivity contribution < 1.29 is 10.2 Å². The van der Waals surface area contributed by atoms with Gasteiger partial charge in [-0.2, -0.15) is 0 Å². The highest BCUT2D eigenvalue weighted by atomic mass is 32.1. The van der Waals surface area contributed by atoms with Crippen molar-refractivity contribution in [1.82, 2.24) is 0 Å². The summed E-state index contributed by atoms with van der Waals surface area (Å²) in [6.45, 7) is 1.82. The number of aliphatic hydroxyl groups excluding tert-OH is 1. The summed E-state index contributed by atoms with van der Waals surface area (Å²) < 4.78 is 0. The summed E-state index contributed by atoms with van der Waals surface area (Å²) in [7, 11) is 0. The highest BCUT2D eigenvalue weighted by molar-refractivity contribution is 7.09. The molecule has 62 valence electrons. The van der Waals surface area contributed by atoms with Crippen molar-refractivity contribution in [2.24, 2.45) is 5.92 Å². The smallest absolute Gasteiger partial charge is 0.154 e. The maximum absolute atomic E-state index is 8.78. The van der Waals surface area contributed by atoms with E-state index in [0.29, 0.717) is 0 Å². The van der Waals surface area contributed by atoms with E-state index in [2.05, 4.69) is 0 Å². The Morgan fingerprint density at radius 3 is 2.73 bits per heavy atom. The van der Waals surface area contributed by atoms with E-state index in [1.165, 1.54) is 4.88 Å². The van der Waals surface area contributed by atoms with E-state index in [9.17, 15) is 0 Å². The Balaban J connectivity index is 2.43. The lowest BCUT2D eigenvalue weighted by Gasteiger charge is -2.11. The summed E-state index contributed by atoms with van der Waals surface area (Å²) in [6.07, 6.45) is -0.452.